The van der Waals surface area contributed by atoms with Crippen molar-refractivity contribution in [3.8, 4) is 0 Å². The van der Waals surface area contributed by atoms with E-state index in [-0.39, 0.29) is 11.7 Å². The van der Waals surface area contributed by atoms with Crippen molar-refractivity contribution >= 4 is 11.9 Å². The van der Waals surface area contributed by atoms with Gasteiger partial charge in [0.2, 0.25) is 0 Å². The van der Waals surface area contributed by atoms with E-state index in [4.69, 9.17) is 5.11 Å². The van der Waals surface area contributed by atoms with Gasteiger partial charge in [0.1, 0.15) is 5.69 Å². The fourth-order valence-electron chi connectivity index (χ4n) is 1.69. The van der Waals surface area contributed by atoms with Gasteiger partial charge in [-0.1, -0.05) is 12.2 Å². The monoisotopic (exact) mass is 237 g/mol. The summed E-state index contributed by atoms with van der Waals surface area (Å²) < 4.78 is 0. The van der Waals surface area contributed by atoms with Gasteiger partial charge in [0.15, 0.2) is 0 Å². The highest BCUT2D eigenvalue weighted by atomic mass is 16.4. The van der Waals surface area contributed by atoms with Crippen LogP contribution in [0.1, 0.15) is 16.9 Å². The lowest BCUT2D eigenvalue weighted by molar-refractivity contribution is -0.140. The van der Waals surface area contributed by atoms with Crippen LogP contribution < -0.4 is 11.0 Å². The molecule has 0 aromatic carbocycles. The van der Waals surface area contributed by atoms with E-state index in [1.807, 2.05) is 0 Å². The summed E-state index contributed by atoms with van der Waals surface area (Å²) in [4.78, 5) is 37.7. The first-order valence-electron chi connectivity index (χ1n) is 5.06. The zero-order valence-corrected chi connectivity index (χ0v) is 8.77. The highest BCUT2D eigenvalue weighted by molar-refractivity contribution is 5.92. The van der Waals surface area contributed by atoms with Gasteiger partial charge in [0.25, 0.3) is 5.91 Å². The van der Waals surface area contributed by atoms with Gasteiger partial charge in [0.05, 0.1) is 5.92 Å². The summed E-state index contributed by atoms with van der Waals surface area (Å²) in [6.45, 7) is 0. The quantitative estimate of drug-likeness (QED) is 0.528. The first kappa shape index (κ1) is 11.2. The number of rotatable bonds is 3. The lowest BCUT2D eigenvalue weighted by atomic mass is 10.1. The van der Waals surface area contributed by atoms with Crippen LogP contribution in [-0.2, 0) is 4.79 Å². The molecule has 1 aromatic rings. The molecule has 0 fully saturated rings. The summed E-state index contributed by atoms with van der Waals surface area (Å²) in [5.41, 5.74) is -0.331. The van der Waals surface area contributed by atoms with Crippen molar-refractivity contribution in [2.45, 2.75) is 12.5 Å². The number of hydrogen-bond acceptors (Lipinski definition) is 3. The number of carboxylic acids is 1. The maximum atomic E-state index is 11.6. The molecule has 1 heterocycles. The minimum atomic E-state index is -0.909. The number of aliphatic carboxylic acids is 1. The molecule has 7 nitrogen and oxygen atoms in total. The Kier molecular flexibility index (Phi) is 2.82. The summed E-state index contributed by atoms with van der Waals surface area (Å²) >= 11 is 0. The number of carbonyl (C=O) groups is 2. The van der Waals surface area contributed by atoms with Crippen LogP contribution in [0, 0.1) is 5.92 Å². The van der Waals surface area contributed by atoms with E-state index in [0.29, 0.717) is 6.42 Å². The number of imidazole rings is 1. The average Bonchev–Trinajstić information content (AvgIpc) is 2.86. The Hall–Kier alpha value is -2.31. The zero-order chi connectivity index (χ0) is 12.4. The van der Waals surface area contributed by atoms with E-state index in [2.05, 4.69) is 15.3 Å². The first-order valence-corrected chi connectivity index (χ1v) is 5.06. The fourth-order valence-corrected chi connectivity index (χ4v) is 1.69. The van der Waals surface area contributed by atoms with E-state index >= 15 is 0 Å². The molecule has 2 atom stereocenters. The molecule has 0 spiro atoms. The standard InChI is InChI=1S/C10H11N3O4/c14-8(7-4-11-10(17)13-7)12-6-2-1-5(3-6)9(15)16/h1-2,4-6H,3H2,(H,12,14)(H,15,16)(H2,11,13,17). The minimum absolute atomic E-state index is 0.127. The molecule has 2 rings (SSSR count). The Labute approximate surface area is 95.5 Å². The molecule has 0 saturated heterocycles. The van der Waals surface area contributed by atoms with Crippen molar-refractivity contribution in [3.63, 3.8) is 0 Å². The van der Waals surface area contributed by atoms with Crippen LogP contribution in [0.4, 0.5) is 0 Å². The SMILES string of the molecule is O=C(NC1C=CC(C(=O)O)C1)c1c[nH]c(=O)[nH]1. The second-order valence-corrected chi connectivity index (χ2v) is 3.80. The normalized spacial score (nSPS) is 22.6. The highest BCUT2D eigenvalue weighted by Gasteiger charge is 2.25. The molecule has 1 aliphatic carbocycles. The molecule has 1 aromatic heterocycles. The third-order valence-electron chi connectivity index (χ3n) is 2.56. The number of aromatic amines is 2. The molecular formula is C10H11N3O4. The number of carbonyl (C=O) groups excluding carboxylic acids is 1. The Morgan fingerprint density at radius 3 is 2.71 bits per heavy atom. The van der Waals surface area contributed by atoms with E-state index in [1.165, 1.54) is 6.20 Å². The molecule has 7 heteroatoms. The van der Waals surface area contributed by atoms with Crippen LogP contribution in [0.5, 0.6) is 0 Å². The van der Waals surface area contributed by atoms with Crippen LogP contribution in [0.15, 0.2) is 23.1 Å². The second-order valence-electron chi connectivity index (χ2n) is 3.80. The fraction of sp³-hybridized carbons (Fsp3) is 0.300. The number of carboxylic acid groups (broad SMARTS) is 1. The van der Waals surface area contributed by atoms with Crippen LogP contribution in [-0.4, -0.2) is 33.0 Å². The van der Waals surface area contributed by atoms with Gasteiger partial charge in [-0.3, -0.25) is 9.59 Å². The van der Waals surface area contributed by atoms with Crippen molar-refractivity contribution in [1.82, 2.24) is 15.3 Å². The Morgan fingerprint density at radius 1 is 1.41 bits per heavy atom. The molecular weight excluding hydrogens is 226 g/mol. The van der Waals surface area contributed by atoms with Crippen molar-refractivity contribution in [2.75, 3.05) is 0 Å². The minimum Gasteiger partial charge on any atom is -0.481 e. The maximum absolute atomic E-state index is 11.6. The molecule has 0 radical (unpaired) electrons. The van der Waals surface area contributed by atoms with Crippen molar-refractivity contribution in [2.24, 2.45) is 5.92 Å². The van der Waals surface area contributed by atoms with E-state index in [0.717, 1.165) is 0 Å². The maximum Gasteiger partial charge on any atom is 0.323 e. The molecule has 1 aliphatic rings. The number of hydrogen-bond donors (Lipinski definition) is 4. The smallest absolute Gasteiger partial charge is 0.323 e. The zero-order valence-electron chi connectivity index (χ0n) is 8.77. The number of amides is 1. The third kappa shape index (κ3) is 2.44. The molecule has 90 valence electrons. The highest BCUT2D eigenvalue weighted by Crippen LogP contribution is 2.18. The molecule has 0 bridgehead atoms. The Balaban J connectivity index is 1.95. The molecule has 4 N–H and O–H groups in total. The second kappa shape index (κ2) is 4.28. The number of aromatic nitrogens is 2. The van der Waals surface area contributed by atoms with Gasteiger partial charge in [-0.15, -0.1) is 0 Å². The predicted octanol–water partition coefficient (Wildman–Crippen LogP) is -0.538. The summed E-state index contributed by atoms with van der Waals surface area (Å²) in [7, 11) is 0. The summed E-state index contributed by atoms with van der Waals surface area (Å²) in [5, 5.41) is 11.4. The molecule has 0 aliphatic heterocycles. The molecule has 1 amide bonds. The van der Waals surface area contributed by atoms with Crippen LogP contribution in [0.2, 0.25) is 0 Å². The molecule has 17 heavy (non-hydrogen) atoms. The average molecular weight is 237 g/mol. The number of nitrogens with one attached hydrogen (secondary N) is 3. The largest absolute Gasteiger partial charge is 0.481 e. The Bertz CT molecular complexity index is 528. The van der Waals surface area contributed by atoms with Crippen LogP contribution in [0.25, 0.3) is 0 Å². The van der Waals surface area contributed by atoms with E-state index in [9.17, 15) is 14.4 Å². The third-order valence-corrected chi connectivity index (χ3v) is 2.56. The lowest BCUT2D eigenvalue weighted by Gasteiger charge is -2.10. The number of H-pyrrole nitrogens is 2. The topological polar surface area (TPSA) is 115 Å². The van der Waals surface area contributed by atoms with Gasteiger partial charge in [-0.2, -0.15) is 0 Å². The predicted molar refractivity (Wildman–Crippen MR) is 57.6 cm³/mol. The van der Waals surface area contributed by atoms with Crippen molar-refractivity contribution in [1.29, 1.82) is 0 Å². The molecule has 0 saturated carbocycles. The van der Waals surface area contributed by atoms with Gasteiger partial charge in [-0.05, 0) is 6.42 Å². The van der Waals surface area contributed by atoms with Crippen LogP contribution >= 0.6 is 0 Å². The first-order chi connectivity index (χ1) is 8.06. The molecule has 2 unspecified atom stereocenters. The Morgan fingerprint density at radius 2 is 2.18 bits per heavy atom. The van der Waals surface area contributed by atoms with E-state index < -0.39 is 23.5 Å². The lowest BCUT2D eigenvalue weighted by Crippen LogP contribution is -2.33. The summed E-state index contributed by atoms with van der Waals surface area (Å²) in [6, 6.07) is -0.318. The van der Waals surface area contributed by atoms with Gasteiger partial charge in [0, 0.05) is 12.2 Å². The van der Waals surface area contributed by atoms with E-state index in [1.54, 1.807) is 12.2 Å². The van der Waals surface area contributed by atoms with Gasteiger partial charge in [-0.25, -0.2) is 4.79 Å². The van der Waals surface area contributed by atoms with Crippen molar-refractivity contribution in [3.05, 3.63) is 34.5 Å². The van der Waals surface area contributed by atoms with Crippen LogP contribution in [0.3, 0.4) is 0 Å². The summed E-state index contributed by atoms with van der Waals surface area (Å²) in [6.07, 6.45) is 4.79. The van der Waals surface area contributed by atoms with Gasteiger partial charge >= 0.3 is 11.7 Å². The van der Waals surface area contributed by atoms with Crippen molar-refractivity contribution < 1.29 is 14.7 Å². The van der Waals surface area contributed by atoms with Gasteiger partial charge < -0.3 is 20.4 Å². The summed E-state index contributed by atoms with van der Waals surface area (Å²) in [5.74, 6) is -1.91.